The Morgan fingerprint density at radius 3 is 2.35 bits per heavy atom. The van der Waals surface area contributed by atoms with E-state index in [0.29, 0.717) is 11.8 Å². The molecule has 1 aromatic heterocycles. The van der Waals surface area contributed by atoms with Crippen molar-refractivity contribution in [3.8, 4) is 0 Å². The first-order chi connectivity index (χ1) is 8.19. The molecular weight excluding hydrogens is 212 g/mol. The van der Waals surface area contributed by atoms with E-state index in [1.54, 1.807) is 6.92 Å². The summed E-state index contributed by atoms with van der Waals surface area (Å²) < 4.78 is 5.36. The fourth-order valence-corrected chi connectivity index (χ4v) is 1.50. The Morgan fingerprint density at radius 1 is 1.18 bits per heavy atom. The van der Waals surface area contributed by atoms with Gasteiger partial charge in [-0.15, -0.1) is 10.2 Å². The van der Waals surface area contributed by atoms with Crippen molar-refractivity contribution in [3.63, 3.8) is 0 Å². The molecule has 0 saturated heterocycles. The van der Waals surface area contributed by atoms with Crippen molar-refractivity contribution in [1.82, 2.24) is 10.2 Å². The fraction of sp³-hybridized carbons (Fsp3) is 0.143. The number of nitrogens with zero attached hydrogens (tertiary/aromatic N) is 2. The molecule has 0 atom stereocenters. The van der Waals surface area contributed by atoms with E-state index in [1.165, 1.54) is 0 Å². The summed E-state index contributed by atoms with van der Waals surface area (Å²) >= 11 is 0. The lowest BCUT2D eigenvalue weighted by atomic mass is 10.1. The van der Waals surface area contributed by atoms with Crippen LogP contribution in [-0.2, 0) is 0 Å². The van der Waals surface area contributed by atoms with Gasteiger partial charge in [-0.3, -0.25) is 0 Å². The number of hydrogen-bond acceptors (Lipinski definition) is 3. The predicted octanol–water partition coefficient (Wildman–Crippen LogP) is 3.58. The highest BCUT2D eigenvalue weighted by Gasteiger charge is 2.03. The fourth-order valence-electron chi connectivity index (χ4n) is 1.50. The van der Waals surface area contributed by atoms with E-state index in [2.05, 4.69) is 16.8 Å². The molecule has 2 aromatic rings. The summed E-state index contributed by atoms with van der Waals surface area (Å²) in [4.78, 5) is 0. The van der Waals surface area contributed by atoms with Gasteiger partial charge < -0.3 is 4.42 Å². The number of rotatable bonds is 3. The monoisotopic (exact) mass is 226 g/mol. The van der Waals surface area contributed by atoms with Crippen molar-refractivity contribution in [2.75, 3.05) is 0 Å². The summed E-state index contributed by atoms with van der Waals surface area (Å²) in [5.74, 6) is 1.14. The van der Waals surface area contributed by atoms with E-state index in [1.807, 2.05) is 43.3 Å². The number of allylic oxidation sites excluding steroid dienone is 1. The topological polar surface area (TPSA) is 38.9 Å². The first-order valence-electron chi connectivity index (χ1n) is 5.40. The van der Waals surface area contributed by atoms with E-state index in [0.717, 1.165) is 16.7 Å². The Labute approximate surface area is 101 Å². The van der Waals surface area contributed by atoms with Crippen LogP contribution in [0.3, 0.4) is 0 Å². The standard InChI is InChI=1S/C14H14N2O/c1-4-12-5-7-13(8-6-12)9-10(2)14-16-15-11(3)17-14/h4-9H,1H2,2-3H3. The minimum absolute atomic E-state index is 0.565. The Hall–Kier alpha value is -2.16. The largest absolute Gasteiger partial charge is 0.421 e. The van der Waals surface area contributed by atoms with Gasteiger partial charge >= 0.3 is 0 Å². The van der Waals surface area contributed by atoms with Gasteiger partial charge in [0, 0.05) is 12.5 Å². The van der Waals surface area contributed by atoms with Crippen LogP contribution in [0.2, 0.25) is 0 Å². The molecule has 0 saturated carbocycles. The molecule has 0 radical (unpaired) electrons. The van der Waals surface area contributed by atoms with E-state index < -0.39 is 0 Å². The van der Waals surface area contributed by atoms with Crippen molar-refractivity contribution < 1.29 is 4.42 Å². The molecule has 0 aliphatic heterocycles. The third kappa shape index (κ3) is 2.69. The quantitative estimate of drug-likeness (QED) is 0.802. The van der Waals surface area contributed by atoms with Gasteiger partial charge in [0.15, 0.2) is 0 Å². The van der Waals surface area contributed by atoms with Crippen molar-refractivity contribution in [1.29, 1.82) is 0 Å². The van der Waals surface area contributed by atoms with Crippen molar-refractivity contribution in [2.24, 2.45) is 0 Å². The van der Waals surface area contributed by atoms with Crippen LogP contribution in [0, 0.1) is 6.92 Å². The molecule has 3 nitrogen and oxygen atoms in total. The molecular formula is C14H14N2O. The van der Waals surface area contributed by atoms with E-state index in [9.17, 15) is 0 Å². The Bertz CT molecular complexity index is 550. The van der Waals surface area contributed by atoms with Gasteiger partial charge in [-0.1, -0.05) is 36.9 Å². The average Bonchev–Trinajstić information content (AvgIpc) is 2.77. The molecule has 0 fully saturated rings. The normalized spacial score (nSPS) is 11.5. The zero-order chi connectivity index (χ0) is 12.3. The highest BCUT2D eigenvalue weighted by atomic mass is 16.4. The second-order valence-electron chi connectivity index (χ2n) is 3.82. The molecule has 0 aliphatic carbocycles. The molecule has 0 N–H and O–H groups in total. The van der Waals surface area contributed by atoms with E-state index in [4.69, 9.17) is 4.42 Å². The third-order valence-corrected chi connectivity index (χ3v) is 2.42. The summed E-state index contributed by atoms with van der Waals surface area (Å²) in [6, 6.07) is 8.10. The van der Waals surface area contributed by atoms with Crippen LogP contribution in [0.5, 0.6) is 0 Å². The second kappa shape index (κ2) is 4.78. The molecule has 0 bridgehead atoms. The third-order valence-electron chi connectivity index (χ3n) is 2.42. The maximum Gasteiger partial charge on any atom is 0.243 e. The lowest BCUT2D eigenvalue weighted by Crippen LogP contribution is -1.80. The minimum atomic E-state index is 0.565. The number of aromatic nitrogens is 2. The lowest BCUT2D eigenvalue weighted by molar-refractivity contribution is 0.506. The molecule has 3 heteroatoms. The zero-order valence-corrected chi connectivity index (χ0v) is 9.97. The van der Waals surface area contributed by atoms with Crippen LogP contribution in [0.1, 0.15) is 29.8 Å². The highest BCUT2D eigenvalue weighted by Crippen LogP contribution is 2.16. The predicted molar refractivity (Wildman–Crippen MR) is 69.1 cm³/mol. The minimum Gasteiger partial charge on any atom is -0.421 e. The number of aryl methyl sites for hydroxylation is 1. The van der Waals surface area contributed by atoms with Gasteiger partial charge in [-0.25, -0.2) is 0 Å². The molecule has 2 rings (SSSR count). The number of hydrogen-bond donors (Lipinski definition) is 0. The Kier molecular flexibility index (Phi) is 3.19. The molecule has 0 aliphatic rings. The van der Waals surface area contributed by atoms with Crippen LogP contribution in [-0.4, -0.2) is 10.2 Å². The summed E-state index contributed by atoms with van der Waals surface area (Å²) in [7, 11) is 0. The maximum absolute atomic E-state index is 5.36. The van der Waals surface area contributed by atoms with Gasteiger partial charge in [0.05, 0.1) is 0 Å². The van der Waals surface area contributed by atoms with Crippen LogP contribution < -0.4 is 0 Å². The van der Waals surface area contributed by atoms with Gasteiger partial charge in [-0.05, 0) is 24.1 Å². The van der Waals surface area contributed by atoms with Crippen molar-refractivity contribution >= 4 is 17.7 Å². The van der Waals surface area contributed by atoms with Crippen molar-refractivity contribution in [2.45, 2.75) is 13.8 Å². The van der Waals surface area contributed by atoms with Crippen LogP contribution in [0.4, 0.5) is 0 Å². The molecule has 86 valence electrons. The second-order valence-corrected chi connectivity index (χ2v) is 3.82. The molecule has 1 aromatic carbocycles. The molecule has 0 amide bonds. The first-order valence-corrected chi connectivity index (χ1v) is 5.40. The number of benzene rings is 1. The van der Waals surface area contributed by atoms with Crippen LogP contribution in [0.25, 0.3) is 17.7 Å². The molecule has 17 heavy (non-hydrogen) atoms. The molecule has 0 spiro atoms. The Balaban J connectivity index is 2.25. The van der Waals surface area contributed by atoms with Gasteiger partial charge in [-0.2, -0.15) is 0 Å². The summed E-state index contributed by atoms with van der Waals surface area (Å²) in [5, 5.41) is 7.78. The summed E-state index contributed by atoms with van der Waals surface area (Å²) in [6.07, 6.45) is 3.83. The maximum atomic E-state index is 5.36. The van der Waals surface area contributed by atoms with Crippen LogP contribution in [0.15, 0.2) is 35.3 Å². The molecule has 1 heterocycles. The van der Waals surface area contributed by atoms with E-state index >= 15 is 0 Å². The van der Waals surface area contributed by atoms with Gasteiger partial charge in [0.25, 0.3) is 0 Å². The average molecular weight is 226 g/mol. The first kappa shape index (κ1) is 11.3. The molecule has 0 unspecified atom stereocenters. The smallest absolute Gasteiger partial charge is 0.243 e. The summed E-state index contributed by atoms with van der Waals surface area (Å²) in [5.41, 5.74) is 3.16. The highest BCUT2D eigenvalue weighted by molar-refractivity contribution is 5.76. The van der Waals surface area contributed by atoms with Gasteiger partial charge in [0.2, 0.25) is 11.8 Å². The van der Waals surface area contributed by atoms with E-state index in [-0.39, 0.29) is 0 Å². The summed E-state index contributed by atoms with van der Waals surface area (Å²) in [6.45, 7) is 7.46. The van der Waals surface area contributed by atoms with Crippen LogP contribution >= 0.6 is 0 Å². The van der Waals surface area contributed by atoms with Gasteiger partial charge in [0.1, 0.15) is 0 Å². The SMILES string of the molecule is C=Cc1ccc(C=C(C)c2nnc(C)o2)cc1. The van der Waals surface area contributed by atoms with Crippen molar-refractivity contribution in [3.05, 3.63) is 53.8 Å². The Morgan fingerprint density at radius 2 is 1.82 bits per heavy atom. The lowest BCUT2D eigenvalue weighted by Gasteiger charge is -1.97. The zero-order valence-electron chi connectivity index (χ0n) is 9.97.